The number of likely N-dealkylation sites (tertiary alicyclic amines) is 1. The van der Waals surface area contributed by atoms with E-state index in [0.717, 1.165) is 50.8 Å². The number of aliphatic hydroxyl groups excluding tert-OH is 1. The molecule has 0 unspecified atom stereocenters. The first kappa shape index (κ1) is 18.5. The van der Waals surface area contributed by atoms with Crippen molar-refractivity contribution in [3.05, 3.63) is 65.2 Å². The van der Waals surface area contributed by atoms with Gasteiger partial charge in [-0.25, -0.2) is 0 Å². The first-order valence-corrected chi connectivity index (χ1v) is 10.1. The van der Waals surface area contributed by atoms with Gasteiger partial charge in [0, 0.05) is 31.9 Å². The van der Waals surface area contributed by atoms with Crippen LogP contribution in [0.15, 0.2) is 48.5 Å². The molecule has 27 heavy (non-hydrogen) atoms. The summed E-state index contributed by atoms with van der Waals surface area (Å²) >= 11 is 0. The minimum Gasteiger partial charge on any atom is -0.392 e. The largest absolute Gasteiger partial charge is 0.392 e. The van der Waals surface area contributed by atoms with Crippen molar-refractivity contribution in [1.82, 2.24) is 4.90 Å². The Balaban J connectivity index is 1.31. The topological polar surface area (TPSA) is 35.9 Å². The predicted molar refractivity (Wildman–Crippen MR) is 109 cm³/mol. The highest BCUT2D eigenvalue weighted by molar-refractivity contribution is 5.49. The van der Waals surface area contributed by atoms with Crippen LogP contribution in [0.5, 0.6) is 0 Å². The summed E-state index contributed by atoms with van der Waals surface area (Å²) < 4.78 is 5.47. The molecule has 0 amide bonds. The lowest BCUT2D eigenvalue weighted by molar-refractivity contribution is 0.122. The van der Waals surface area contributed by atoms with Crippen molar-refractivity contribution in [3.63, 3.8) is 0 Å². The summed E-state index contributed by atoms with van der Waals surface area (Å²) in [5, 5.41) is 9.17. The average Bonchev–Trinajstić information content (AvgIpc) is 3.16. The summed E-state index contributed by atoms with van der Waals surface area (Å²) in [4.78, 5) is 5.01. The lowest BCUT2D eigenvalue weighted by Gasteiger charge is -2.29. The van der Waals surface area contributed by atoms with Gasteiger partial charge in [0.1, 0.15) is 0 Å². The van der Waals surface area contributed by atoms with Gasteiger partial charge in [-0.2, -0.15) is 0 Å². The van der Waals surface area contributed by atoms with Crippen LogP contribution in [0, 0.1) is 5.92 Å². The van der Waals surface area contributed by atoms with Crippen molar-refractivity contribution in [1.29, 1.82) is 0 Å². The van der Waals surface area contributed by atoms with Gasteiger partial charge in [-0.15, -0.1) is 0 Å². The predicted octanol–water partition coefficient (Wildman–Crippen LogP) is 3.08. The number of morpholine rings is 1. The molecular weight excluding hydrogens is 336 g/mol. The van der Waals surface area contributed by atoms with Crippen molar-refractivity contribution >= 4 is 5.69 Å². The number of hydrogen-bond donors (Lipinski definition) is 1. The summed E-state index contributed by atoms with van der Waals surface area (Å²) in [7, 11) is 0. The van der Waals surface area contributed by atoms with Gasteiger partial charge in [-0.3, -0.25) is 4.90 Å². The maximum Gasteiger partial charge on any atom is 0.0681 e. The van der Waals surface area contributed by atoms with Gasteiger partial charge in [0.2, 0.25) is 0 Å². The molecule has 2 aromatic rings. The fourth-order valence-corrected chi connectivity index (χ4v) is 4.27. The molecule has 1 atom stereocenters. The van der Waals surface area contributed by atoms with E-state index < -0.39 is 0 Å². The highest BCUT2D eigenvalue weighted by Crippen LogP contribution is 2.24. The highest BCUT2D eigenvalue weighted by Gasteiger charge is 2.23. The molecule has 2 heterocycles. The molecule has 0 spiro atoms. The molecule has 2 fully saturated rings. The Morgan fingerprint density at radius 2 is 1.70 bits per heavy atom. The molecule has 2 aliphatic heterocycles. The molecule has 0 aliphatic carbocycles. The fourth-order valence-electron chi connectivity index (χ4n) is 4.27. The Bertz CT molecular complexity index is 725. The highest BCUT2D eigenvalue weighted by atomic mass is 16.5. The number of benzene rings is 2. The van der Waals surface area contributed by atoms with Crippen LogP contribution in [0.2, 0.25) is 0 Å². The van der Waals surface area contributed by atoms with Gasteiger partial charge in [-0.1, -0.05) is 36.4 Å². The van der Waals surface area contributed by atoms with Gasteiger partial charge in [0.15, 0.2) is 0 Å². The second kappa shape index (κ2) is 8.87. The molecule has 2 aliphatic rings. The quantitative estimate of drug-likeness (QED) is 0.852. The zero-order valence-electron chi connectivity index (χ0n) is 16.0. The van der Waals surface area contributed by atoms with Crippen LogP contribution in [-0.4, -0.2) is 49.4 Å². The van der Waals surface area contributed by atoms with Gasteiger partial charge in [0.25, 0.3) is 0 Å². The zero-order chi connectivity index (χ0) is 18.5. The maximum absolute atomic E-state index is 9.17. The van der Waals surface area contributed by atoms with Gasteiger partial charge in [0.05, 0.1) is 19.8 Å². The summed E-state index contributed by atoms with van der Waals surface area (Å²) in [6.45, 7) is 7.16. The third-order valence-electron chi connectivity index (χ3n) is 5.79. The SMILES string of the molecule is OCc1ccc(C[C@H]2CCN(Cc3cccc(N4CCOCC4)c3)C2)cc1. The van der Waals surface area contributed by atoms with E-state index in [-0.39, 0.29) is 6.61 Å². The molecule has 0 aromatic heterocycles. The van der Waals surface area contributed by atoms with Crippen LogP contribution in [0.3, 0.4) is 0 Å². The molecule has 2 aromatic carbocycles. The summed E-state index contributed by atoms with van der Waals surface area (Å²) in [6.07, 6.45) is 2.40. The molecule has 4 rings (SSSR count). The first-order chi connectivity index (χ1) is 13.3. The standard InChI is InChI=1S/C23H30N2O2/c26-18-20-6-4-19(5-7-20)14-22-8-9-24(17-22)16-21-2-1-3-23(15-21)25-10-12-27-13-11-25/h1-7,15,22,26H,8-14,16-18H2/t22-/m1/s1. The lowest BCUT2D eigenvalue weighted by atomic mass is 9.98. The molecule has 2 saturated heterocycles. The molecule has 0 radical (unpaired) electrons. The average molecular weight is 367 g/mol. The minimum absolute atomic E-state index is 0.126. The molecule has 4 heteroatoms. The summed E-state index contributed by atoms with van der Waals surface area (Å²) in [5.74, 6) is 0.729. The van der Waals surface area contributed by atoms with E-state index >= 15 is 0 Å². The van der Waals surface area contributed by atoms with Crippen LogP contribution >= 0.6 is 0 Å². The van der Waals surface area contributed by atoms with E-state index in [9.17, 15) is 5.11 Å². The van der Waals surface area contributed by atoms with E-state index in [2.05, 4.69) is 46.2 Å². The van der Waals surface area contributed by atoms with E-state index in [1.165, 1.54) is 36.3 Å². The number of aliphatic hydroxyl groups is 1. The Morgan fingerprint density at radius 3 is 2.48 bits per heavy atom. The van der Waals surface area contributed by atoms with E-state index in [0.29, 0.717) is 0 Å². The Labute approximate surface area is 162 Å². The Kier molecular flexibility index (Phi) is 6.07. The molecular formula is C23H30N2O2. The first-order valence-electron chi connectivity index (χ1n) is 10.1. The van der Waals surface area contributed by atoms with E-state index in [1.54, 1.807) is 0 Å². The minimum atomic E-state index is 0.126. The van der Waals surface area contributed by atoms with Crippen molar-refractivity contribution in [2.45, 2.75) is 26.0 Å². The van der Waals surface area contributed by atoms with Crippen molar-refractivity contribution in [3.8, 4) is 0 Å². The van der Waals surface area contributed by atoms with Gasteiger partial charge in [-0.05, 0) is 54.1 Å². The van der Waals surface area contributed by atoms with E-state index in [4.69, 9.17) is 4.74 Å². The number of hydrogen-bond acceptors (Lipinski definition) is 4. The normalized spacial score (nSPS) is 20.9. The van der Waals surface area contributed by atoms with Crippen LogP contribution in [0.4, 0.5) is 5.69 Å². The second-order valence-corrected chi connectivity index (χ2v) is 7.84. The van der Waals surface area contributed by atoms with Crippen LogP contribution in [0.1, 0.15) is 23.1 Å². The number of anilines is 1. The van der Waals surface area contributed by atoms with Gasteiger partial charge < -0.3 is 14.7 Å². The monoisotopic (exact) mass is 366 g/mol. The third kappa shape index (κ3) is 4.89. The van der Waals surface area contributed by atoms with E-state index in [1.807, 2.05) is 12.1 Å². The molecule has 0 saturated carbocycles. The second-order valence-electron chi connectivity index (χ2n) is 7.84. The van der Waals surface area contributed by atoms with Crippen LogP contribution in [-0.2, 0) is 24.3 Å². The van der Waals surface area contributed by atoms with Crippen molar-refractivity contribution in [2.75, 3.05) is 44.3 Å². The molecule has 144 valence electrons. The van der Waals surface area contributed by atoms with Crippen molar-refractivity contribution < 1.29 is 9.84 Å². The van der Waals surface area contributed by atoms with Crippen LogP contribution < -0.4 is 4.90 Å². The molecule has 1 N–H and O–H groups in total. The zero-order valence-corrected chi connectivity index (χ0v) is 16.0. The lowest BCUT2D eigenvalue weighted by Crippen LogP contribution is -2.36. The smallest absolute Gasteiger partial charge is 0.0681 e. The number of rotatable bonds is 6. The summed E-state index contributed by atoms with van der Waals surface area (Å²) in [5.41, 5.74) is 5.11. The summed E-state index contributed by atoms with van der Waals surface area (Å²) in [6, 6.07) is 17.4. The third-order valence-corrected chi connectivity index (χ3v) is 5.79. The number of ether oxygens (including phenoxy) is 1. The van der Waals surface area contributed by atoms with Crippen LogP contribution in [0.25, 0.3) is 0 Å². The Hall–Kier alpha value is -1.88. The fraction of sp³-hybridized carbons (Fsp3) is 0.478. The molecule has 0 bridgehead atoms. The Morgan fingerprint density at radius 1 is 0.926 bits per heavy atom. The van der Waals surface area contributed by atoms with Crippen molar-refractivity contribution in [2.24, 2.45) is 5.92 Å². The number of nitrogens with zero attached hydrogens (tertiary/aromatic N) is 2. The van der Waals surface area contributed by atoms with Gasteiger partial charge >= 0.3 is 0 Å². The molecule has 4 nitrogen and oxygen atoms in total. The maximum atomic E-state index is 9.17.